The molecule has 1 N–H and O–H groups in total. The molecule has 0 aliphatic carbocycles. The zero-order valence-electron chi connectivity index (χ0n) is 11.1. The van der Waals surface area contributed by atoms with E-state index in [1.54, 1.807) is 12.1 Å². The SMILES string of the molecule is Cc1ccc(S(=O)(=O)NC(C#N)C(C)(C)C)cc1. The van der Waals surface area contributed by atoms with E-state index in [1.807, 2.05) is 33.8 Å². The molecule has 0 amide bonds. The van der Waals surface area contributed by atoms with Crippen LogP contribution in [0, 0.1) is 23.7 Å². The summed E-state index contributed by atoms with van der Waals surface area (Å²) < 4.78 is 26.6. The number of nitrogens with zero attached hydrogens (tertiary/aromatic N) is 1. The van der Waals surface area contributed by atoms with E-state index in [0.717, 1.165) is 5.56 Å². The van der Waals surface area contributed by atoms with Crippen molar-refractivity contribution >= 4 is 10.0 Å². The maximum atomic E-state index is 12.1. The number of sulfonamides is 1. The van der Waals surface area contributed by atoms with E-state index in [4.69, 9.17) is 5.26 Å². The van der Waals surface area contributed by atoms with Crippen molar-refractivity contribution in [3.05, 3.63) is 29.8 Å². The molecule has 0 radical (unpaired) electrons. The molecule has 0 saturated carbocycles. The number of nitrogens with one attached hydrogen (secondary N) is 1. The highest BCUT2D eigenvalue weighted by molar-refractivity contribution is 7.89. The molecule has 0 saturated heterocycles. The van der Waals surface area contributed by atoms with Crippen molar-refractivity contribution in [3.63, 3.8) is 0 Å². The standard InChI is InChI=1S/C13H18N2O2S/c1-10-5-7-11(8-6-10)18(16,17)15-12(9-14)13(2,3)4/h5-8,12,15H,1-4H3. The summed E-state index contributed by atoms with van der Waals surface area (Å²) in [5.41, 5.74) is 0.536. The van der Waals surface area contributed by atoms with Gasteiger partial charge >= 0.3 is 0 Å². The summed E-state index contributed by atoms with van der Waals surface area (Å²) in [6.45, 7) is 7.34. The van der Waals surface area contributed by atoms with Gasteiger partial charge in [0, 0.05) is 0 Å². The number of hydrogen-bond donors (Lipinski definition) is 1. The van der Waals surface area contributed by atoms with Crippen LogP contribution in [0.25, 0.3) is 0 Å². The molecule has 0 aromatic heterocycles. The molecule has 1 aromatic carbocycles. The summed E-state index contributed by atoms with van der Waals surface area (Å²) in [5, 5.41) is 9.04. The van der Waals surface area contributed by atoms with Gasteiger partial charge in [-0.2, -0.15) is 9.98 Å². The molecule has 1 aromatic rings. The van der Waals surface area contributed by atoms with E-state index in [1.165, 1.54) is 12.1 Å². The molecular formula is C13H18N2O2S. The van der Waals surface area contributed by atoms with Crippen LogP contribution in [0.1, 0.15) is 26.3 Å². The summed E-state index contributed by atoms with van der Waals surface area (Å²) in [5.74, 6) is 0. The lowest BCUT2D eigenvalue weighted by Gasteiger charge is -2.25. The molecule has 1 unspecified atom stereocenters. The van der Waals surface area contributed by atoms with Gasteiger partial charge in [-0.3, -0.25) is 0 Å². The maximum absolute atomic E-state index is 12.1. The zero-order valence-corrected chi connectivity index (χ0v) is 11.9. The minimum absolute atomic E-state index is 0.178. The smallest absolute Gasteiger partial charge is 0.207 e. The second kappa shape index (κ2) is 5.09. The van der Waals surface area contributed by atoms with Gasteiger partial charge in [-0.1, -0.05) is 38.5 Å². The summed E-state index contributed by atoms with van der Waals surface area (Å²) in [4.78, 5) is 0.178. The third-order valence-corrected chi connectivity index (χ3v) is 4.04. The third kappa shape index (κ3) is 3.56. The number of hydrogen-bond acceptors (Lipinski definition) is 3. The Balaban J connectivity index is 3.03. The minimum atomic E-state index is -3.64. The monoisotopic (exact) mass is 266 g/mol. The van der Waals surface area contributed by atoms with Crippen molar-refractivity contribution in [2.24, 2.45) is 5.41 Å². The van der Waals surface area contributed by atoms with Crippen molar-refractivity contribution in [3.8, 4) is 6.07 Å². The summed E-state index contributed by atoms with van der Waals surface area (Å²) in [6, 6.07) is 7.76. The fourth-order valence-electron chi connectivity index (χ4n) is 1.34. The Hall–Kier alpha value is -1.38. The lowest BCUT2D eigenvalue weighted by Crippen LogP contribution is -2.42. The first-order chi connectivity index (χ1) is 8.16. The van der Waals surface area contributed by atoms with E-state index in [2.05, 4.69) is 4.72 Å². The van der Waals surface area contributed by atoms with Gasteiger partial charge in [0.15, 0.2) is 0 Å². The quantitative estimate of drug-likeness (QED) is 0.911. The van der Waals surface area contributed by atoms with Crippen molar-refractivity contribution in [2.75, 3.05) is 0 Å². The fraction of sp³-hybridized carbons (Fsp3) is 0.462. The Morgan fingerprint density at radius 2 is 1.72 bits per heavy atom. The van der Waals surface area contributed by atoms with Crippen molar-refractivity contribution in [1.82, 2.24) is 4.72 Å². The molecular weight excluding hydrogens is 248 g/mol. The lowest BCUT2D eigenvalue weighted by molar-refractivity contribution is 0.350. The van der Waals surface area contributed by atoms with Crippen LogP contribution in [0.3, 0.4) is 0 Å². The zero-order chi connectivity index (χ0) is 14.0. The first-order valence-corrected chi connectivity index (χ1v) is 7.14. The fourth-order valence-corrected chi connectivity index (χ4v) is 2.68. The number of aryl methyl sites for hydroxylation is 1. The molecule has 0 aliphatic heterocycles. The molecule has 18 heavy (non-hydrogen) atoms. The molecule has 0 bridgehead atoms. The number of nitriles is 1. The largest absolute Gasteiger partial charge is 0.241 e. The van der Waals surface area contributed by atoms with Gasteiger partial charge in [0.05, 0.1) is 11.0 Å². The molecule has 4 nitrogen and oxygen atoms in total. The first kappa shape index (κ1) is 14.7. The van der Waals surface area contributed by atoms with Crippen LogP contribution in [0.5, 0.6) is 0 Å². The van der Waals surface area contributed by atoms with E-state index in [0.29, 0.717) is 0 Å². The van der Waals surface area contributed by atoms with Crippen LogP contribution < -0.4 is 4.72 Å². The van der Waals surface area contributed by atoms with Crippen molar-refractivity contribution in [2.45, 2.75) is 38.6 Å². The topological polar surface area (TPSA) is 70.0 Å². The third-order valence-electron chi connectivity index (χ3n) is 2.60. The molecule has 5 heteroatoms. The van der Waals surface area contributed by atoms with Crippen LogP contribution in [0.15, 0.2) is 29.2 Å². The highest BCUT2D eigenvalue weighted by Gasteiger charge is 2.29. The van der Waals surface area contributed by atoms with Crippen LogP contribution >= 0.6 is 0 Å². The molecule has 1 atom stereocenters. The van der Waals surface area contributed by atoms with Gasteiger partial charge in [0.1, 0.15) is 6.04 Å². The predicted molar refractivity (Wildman–Crippen MR) is 70.4 cm³/mol. The van der Waals surface area contributed by atoms with E-state index in [-0.39, 0.29) is 4.90 Å². The van der Waals surface area contributed by atoms with E-state index < -0.39 is 21.5 Å². The van der Waals surface area contributed by atoms with Crippen LogP contribution in [0.4, 0.5) is 0 Å². The van der Waals surface area contributed by atoms with Crippen LogP contribution in [-0.2, 0) is 10.0 Å². The molecule has 0 aliphatic rings. The Morgan fingerprint density at radius 3 is 2.11 bits per heavy atom. The minimum Gasteiger partial charge on any atom is -0.207 e. The van der Waals surface area contributed by atoms with Gasteiger partial charge in [-0.25, -0.2) is 8.42 Å². The highest BCUT2D eigenvalue weighted by Crippen LogP contribution is 2.21. The average molecular weight is 266 g/mol. The van der Waals surface area contributed by atoms with Gasteiger partial charge in [-0.15, -0.1) is 0 Å². The summed E-state index contributed by atoms with van der Waals surface area (Å²) in [6.07, 6.45) is 0. The van der Waals surface area contributed by atoms with Crippen molar-refractivity contribution < 1.29 is 8.42 Å². The van der Waals surface area contributed by atoms with Crippen LogP contribution in [0.2, 0.25) is 0 Å². The predicted octanol–water partition coefficient (Wildman–Crippen LogP) is 2.21. The Labute approximate surface area is 109 Å². The van der Waals surface area contributed by atoms with Crippen LogP contribution in [-0.4, -0.2) is 14.5 Å². The van der Waals surface area contributed by atoms with Crippen molar-refractivity contribution in [1.29, 1.82) is 5.26 Å². The molecule has 0 fully saturated rings. The first-order valence-electron chi connectivity index (χ1n) is 5.65. The molecule has 0 heterocycles. The van der Waals surface area contributed by atoms with E-state index >= 15 is 0 Å². The van der Waals surface area contributed by atoms with Gasteiger partial charge in [-0.05, 0) is 24.5 Å². The normalized spacial score (nSPS) is 13.9. The highest BCUT2D eigenvalue weighted by atomic mass is 32.2. The molecule has 0 spiro atoms. The molecule has 1 rings (SSSR count). The number of benzene rings is 1. The average Bonchev–Trinajstić information content (AvgIpc) is 2.25. The Kier molecular flexibility index (Phi) is 4.15. The number of rotatable bonds is 3. The van der Waals surface area contributed by atoms with Gasteiger partial charge in [0.25, 0.3) is 0 Å². The summed E-state index contributed by atoms with van der Waals surface area (Å²) in [7, 11) is -3.64. The summed E-state index contributed by atoms with van der Waals surface area (Å²) >= 11 is 0. The second-order valence-corrected chi connectivity index (χ2v) is 7.08. The van der Waals surface area contributed by atoms with Gasteiger partial charge < -0.3 is 0 Å². The van der Waals surface area contributed by atoms with Gasteiger partial charge in [0.2, 0.25) is 10.0 Å². The van der Waals surface area contributed by atoms with E-state index in [9.17, 15) is 8.42 Å². The second-order valence-electron chi connectivity index (χ2n) is 5.36. The maximum Gasteiger partial charge on any atom is 0.241 e. The molecule has 98 valence electrons. The Morgan fingerprint density at radius 1 is 1.22 bits per heavy atom. The lowest BCUT2D eigenvalue weighted by atomic mass is 9.88. The Bertz CT molecular complexity index is 548.